The van der Waals surface area contributed by atoms with E-state index in [0.29, 0.717) is 5.75 Å². The highest BCUT2D eigenvalue weighted by molar-refractivity contribution is 9.10. The van der Waals surface area contributed by atoms with Crippen molar-refractivity contribution >= 4 is 33.6 Å². The van der Waals surface area contributed by atoms with Gasteiger partial charge in [0, 0.05) is 16.6 Å². The Morgan fingerprint density at radius 1 is 1.29 bits per heavy atom. The zero-order valence-electron chi connectivity index (χ0n) is 12.5. The van der Waals surface area contributed by atoms with Gasteiger partial charge in [0.1, 0.15) is 5.75 Å². The number of hydrogen-bond acceptors (Lipinski definition) is 3. The van der Waals surface area contributed by atoms with Crippen LogP contribution < -0.4 is 14.8 Å². The van der Waals surface area contributed by atoms with E-state index in [9.17, 15) is 13.6 Å². The third-order valence-electron chi connectivity index (χ3n) is 3.07. The molecule has 0 saturated carbocycles. The van der Waals surface area contributed by atoms with Gasteiger partial charge in [0.25, 0.3) is 6.43 Å². The summed E-state index contributed by atoms with van der Waals surface area (Å²) in [6.45, 7) is 0.205. The van der Waals surface area contributed by atoms with Gasteiger partial charge in [-0.1, -0.05) is 23.7 Å². The normalized spacial score (nSPS) is 10.6. The van der Waals surface area contributed by atoms with Gasteiger partial charge >= 0.3 is 6.09 Å². The highest BCUT2D eigenvalue weighted by Gasteiger charge is 2.16. The van der Waals surface area contributed by atoms with Crippen molar-refractivity contribution in [1.82, 2.24) is 5.32 Å². The Hall–Kier alpha value is -1.86. The molecular weight excluding hydrogens is 408 g/mol. The summed E-state index contributed by atoms with van der Waals surface area (Å²) in [7, 11) is 1.56. The van der Waals surface area contributed by atoms with Crippen LogP contribution in [0.3, 0.4) is 0 Å². The molecule has 0 unspecified atom stereocenters. The van der Waals surface area contributed by atoms with Crippen LogP contribution in [-0.4, -0.2) is 13.2 Å². The predicted octanol–water partition coefficient (Wildman–Crippen LogP) is 5.34. The molecule has 0 fully saturated rings. The molecule has 0 radical (unpaired) electrons. The standard InChI is InChI=1S/C16H13BrClF2NO3/c1-23-11-4-2-9(3-5-11)8-21-16(22)24-13-7-10(15(19)20)6-12(17)14(13)18/h2-7,15H,8H2,1H3,(H,21,22). The second kappa shape index (κ2) is 8.30. The number of halogens is 4. The third kappa shape index (κ3) is 4.82. The van der Waals surface area contributed by atoms with Crippen LogP contribution in [0.1, 0.15) is 17.6 Å². The summed E-state index contributed by atoms with van der Waals surface area (Å²) >= 11 is 9.01. The van der Waals surface area contributed by atoms with E-state index in [4.69, 9.17) is 21.1 Å². The fourth-order valence-corrected chi connectivity index (χ4v) is 2.45. The average Bonchev–Trinajstić information content (AvgIpc) is 2.57. The molecule has 0 atom stereocenters. The van der Waals surface area contributed by atoms with E-state index in [-0.39, 0.29) is 27.4 Å². The Balaban J connectivity index is 2.01. The molecule has 0 aliphatic heterocycles. The molecule has 24 heavy (non-hydrogen) atoms. The second-order valence-electron chi connectivity index (χ2n) is 4.71. The number of ether oxygens (including phenoxy) is 2. The van der Waals surface area contributed by atoms with Gasteiger partial charge in [-0.3, -0.25) is 0 Å². The van der Waals surface area contributed by atoms with Gasteiger partial charge < -0.3 is 14.8 Å². The third-order valence-corrected chi connectivity index (χ3v) is 4.31. The van der Waals surface area contributed by atoms with Crippen molar-refractivity contribution < 1.29 is 23.0 Å². The van der Waals surface area contributed by atoms with Crippen LogP contribution in [0.4, 0.5) is 13.6 Å². The highest BCUT2D eigenvalue weighted by Crippen LogP contribution is 2.36. The van der Waals surface area contributed by atoms with E-state index in [0.717, 1.165) is 11.6 Å². The number of nitrogens with one attached hydrogen (secondary N) is 1. The average molecular weight is 421 g/mol. The maximum atomic E-state index is 12.8. The topological polar surface area (TPSA) is 47.6 Å². The minimum absolute atomic E-state index is 0.0407. The molecular formula is C16H13BrClF2NO3. The second-order valence-corrected chi connectivity index (χ2v) is 5.94. The van der Waals surface area contributed by atoms with Crippen molar-refractivity contribution in [1.29, 1.82) is 0 Å². The number of rotatable bonds is 5. The minimum Gasteiger partial charge on any atom is -0.497 e. The van der Waals surface area contributed by atoms with Crippen LogP contribution in [0.25, 0.3) is 0 Å². The molecule has 0 spiro atoms. The van der Waals surface area contributed by atoms with Crippen LogP contribution >= 0.6 is 27.5 Å². The van der Waals surface area contributed by atoms with Crippen LogP contribution in [-0.2, 0) is 6.54 Å². The van der Waals surface area contributed by atoms with Crippen LogP contribution in [0.15, 0.2) is 40.9 Å². The lowest BCUT2D eigenvalue weighted by molar-refractivity contribution is 0.150. The minimum atomic E-state index is -2.71. The zero-order valence-corrected chi connectivity index (χ0v) is 14.8. The van der Waals surface area contributed by atoms with Crippen molar-refractivity contribution in [3.63, 3.8) is 0 Å². The molecule has 2 rings (SSSR count). The van der Waals surface area contributed by atoms with Crippen molar-refractivity contribution in [3.05, 3.63) is 57.0 Å². The van der Waals surface area contributed by atoms with Gasteiger partial charge in [0.05, 0.1) is 12.1 Å². The van der Waals surface area contributed by atoms with E-state index in [1.807, 2.05) is 0 Å². The van der Waals surface area contributed by atoms with E-state index in [1.54, 1.807) is 31.4 Å². The first-order chi connectivity index (χ1) is 11.4. The Kier molecular flexibility index (Phi) is 6.39. The smallest absolute Gasteiger partial charge is 0.412 e. The number of benzene rings is 2. The van der Waals surface area contributed by atoms with Crippen molar-refractivity contribution in [3.8, 4) is 11.5 Å². The van der Waals surface area contributed by atoms with Crippen LogP contribution in [0.5, 0.6) is 11.5 Å². The Labute approximate surface area is 150 Å². The van der Waals surface area contributed by atoms with E-state index >= 15 is 0 Å². The molecule has 128 valence electrons. The van der Waals surface area contributed by atoms with Gasteiger partial charge in [0.15, 0.2) is 5.75 Å². The molecule has 4 nitrogen and oxygen atoms in total. The number of alkyl halides is 2. The van der Waals surface area contributed by atoms with Crippen molar-refractivity contribution in [2.24, 2.45) is 0 Å². The number of carbonyl (C=O) groups excluding carboxylic acids is 1. The van der Waals surface area contributed by atoms with Gasteiger partial charge in [0.2, 0.25) is 0 Å². The van der Waals surface area contributed by atoms with Crippen LogP contribution in [0, 0.1) is 0 Å². The van der Waals surface area contributed by atoms with Gasteiger partial charge in [-0.25, -0.2) is 13.6 Å². The van der Waals surface area contributed by atoms with E-state index in [2.05, 4.69) is 21.2 Å². The summed E-state index contributed by atoms with van der Waals surface area (Å²) < 4.78 is 35.9. The largest absolute Gasteiger partial charge is 0.497 e. The first-order valence-electron chi connectivity index (χ1n) is 6.76. The maximum absolute atomic E-state index is 12.8. The van der Waals surface area contributed by atoms with Gasteiger partial charge in [-0.2, -0.15) is 0 Å². The summed E-state index contributed by atoms with van der Waals surface area (Å²) in [5.74, 6) is 0.551. The molecule has 0 bridgehead atoms. The lowest BCUT2D eigenvalue weighted by Crippen LogP contribution is -2.26. The number of hydrogen-bond donors (Lipinski definition) is 1. The molecule has 0 saturated heterocycles. The van der Waals surface area contributed by atoms with Crippen molar-refractivity contribution in [2.45, 2.75) is 13.0 Å². The highest BCUT2D eigenvalue weighted by atomic mass is 79.9. The molecule has 0 heterocycles. The number of methoxy groups -OCH3 is 1. The zero-order chi connectivity index (χ0) is 17.7. The van der Waals surface area contributed by atoms with Gasteiger partial charge in [-0.05, 0) is 45.8 Å². The fourth-order valence-electron chi connectivity index (χ4n) is 1.84. The Morgan fingerprint density at radius 3 is 2.54 bits per heavy atom. The Bertz CT molecular complexity index is 726. The molecule has 2 aromatic rings. The van der Waals surface area contributed by atoms with E-state index in [1.165, 1.54) is 6.07 Å². The molecule has 0 aromatic heterocycles. The lowest BCUT2D eigenvalue weighted by atomic mass is 10.2. The monoisotopic (exact) mass is 419 g/mol. The summed E-state index contributed by atoms with van der Waals surface area (Å²) in [5.41, 5.74) is 0.519. The lowest BCUT2D eigenvalue weighted by Gasteiger charge is -2.11. The summed E-state index contributed by atoms with van der Waals surface area (Å²) in [6.07, 6.45) is -3.51. The summed E-state index contributed by atoms with van der Waals surface area (Å²) in [6, 6.07) is 9.27. The SMILES string of the molecule is COc1ccc(CNC(=O)Oc2cc(C(F)F)cc(Br)c2Cl)cc1. The molecule has 0 aliphatic carbocycles. The number of carbonyl (C=O) groups is 1. The summed E-state index contributed by atoms with van der Waals surface area (Å²) in [4.78, 5) is 11.8. The maximum Gasteiger partial charge on any atom is 0.412 e. The molecule has 2 aromatic carbocycles. The predicted molar refractivity (Wildman–Crippen MR) is 90.0 cm³/mol. The van der Waals surface area contributed by atoms with Gasteiger partial charge in [-0.15, -0.1) is 0 Å². The number of amides is 1. The summed E-state index contributed by atoms with van der Waals surface area (Å²) in [5, 5.41) is 2.56. The molecule has 1 amide bonds. The molecule has 0 aliphatic rings. The van der Waals surface area contributed by atoms with E-state index < -0.39 is 12.5 Å². The first kappa shape index (κ1) is 18.5. The fraction of sp³-hybridized carbons (Fsp3) is 0.188. The first-order valence-corrected chi connectivity index (χ1v) is 7.93. The van der Waals surface area contributed by atoms with Crippen molar-refractivity contribution in [2.75, 3.05) is 7.11 Å². The molecule has 8 heteroatoms. The Morgan fingerprint density at radius 2 is 1.96 bits per heavy atom. The quantitative estimate of drug-likeness (QED) is 0.710. The van der Waals surface area contributed by atoms with Crippen LogP contribution in [0.2, 0.25) is 5.02 Å². The molecule has 1 N–H and O–H groups in total.